The van der Waals surface area contributed by atoms with Crippen molar-refractivity contribution in [2.45, 2.75) is 146 Å². The molecule has 3 aromatic carbocycles. The largest absolute Gasteiger partial charge is 0.388 e. The number of benzene rings is 3. The molecule has 0 bridgehead atoms. The van der Waals surface area contributed by atoms with Crippen LogP contribution in [0.3, 0.4) is 0 Å². The Morgan fingerprint density at radius 3 is 1.61 bits per heavy atom. The average molecular weight is 680 g/mol. The molecule has 1 N–H and O–H groups in total. The molecule has 0 heterocycles. The molecule has 1 nitrogen and oxygen atoms in total. The SMILES string of the molecule is CCCCCCCCCCCCCCCCCCCCCC(O)c1ccc2c(c1)C(Br)(c1ccc(Cl)cc1)c1ccccc1-2. The van der Waals surface area contributed by atoms with E-state index in [1.54, 1.807) is 0 Å². The number of hydrogen-bond donors (Lipinski definition) is 1. The number of alkyl halides is 1. The normalized spacial score (nSPS) is 16.2. The van der Waals surface area contributed by atoms with Crippen LogP contribution in [0.4, 0.5) is 0 Å². The van der Waals surface area contributed by atoms with E-state index < -0.39 is 10.4 Å². The highest BCUT2D eigenvalue weighted by Crippen LogP contribution is 2.56. The fourth-order valence-electron chi connectivity index (χ4n) is 7.03. The zero-order chi connectivity index (χ0) is 31.0. The topological polar surface area (TPSA) is 20.2 Å². The van der Waals surface area contributed by atoms with Gasteiger partial charge < -0.3 is 5.11 Å². The second-order valence-corrected chi connectivity index (χ2v) is 14.8. The minimum atomic E-state index is -0.452. The Hall–Kier alpha value is -1.61. The van der Waals surface area contributed by atoms with E-state index in [1.165, 1.54) is 138 Å². The van der Waals surface area contributed by atoms with Crippen LogP contribution in [0.5, 0.6) is 0 Å². The third kappa shape index (κ3) is 9.94. The van der Waals surface area contributed by atoms with Crippen LogP contribution in [0.2, 0.25) is 5.02 Å². The Bertz CT molecular complexity index is 1240. The molecule has 0 saturated carbocycles. The third-order valence-corrected chi connectivity index (χ3v) is 11.3. The summed E-state index contributed by atoms with van der Waals surface area (Å²) >= 11 is 10.4. The molecule has 0 radical (unpaired) electrons. The first-order valence-electron chi connectivity index (χ1n) is 17.9. The van der Waals surface area contributed by atoms with E-state index in [4.69, 9.17) is 11.6 Å². The lowest BCUT2D eigenvalue weighted by molar-refractivity contribution is 0.163. The summed E-state index contributed by atoms with van der Waals surface area (Å²) in [5.74, 6) is 0. The van der Waals surface area contributed by atoms with E-state index in [2.05, 4.69) is 77.5 Å². The van der Waals surface area contributed by atoms with Crippen molar-refractivity contribution in [2.75, 3.05) is 0 Å². The Labute approximate surface area is 282 Å². The minimum Gasteiger partial charge on any atom is -0.388 e. The second-order valence-electron chi connectivity index (χ2n) is 13.2. The first-order chi connectivity index (χ1) is 21.6. The molecule has 1 aliphatic carbocycles. The zero-order valence-corrected chi connectivity index (χ0v) is 29.6. The molecule has 0 fully saturated rings. The summed E-state index contributed by atoms with van der Waals surface area (Å²) in [6, 6.07) is 23.3. The summed E-state index contributed by atoms with van der Waals surface area (Å²) in [5.41, 5.74) is 7.07. The van der Waals surface area contributed by atoms with E-state index in [-0.39, 0.29) is 0 Å². The van der Waals surface area contributed by atoms with Crippen molar-refractivity contribution < 1.29 is 5.11 Å². The van der Waals surface area contributed by atoms with Gasteiger partial charge in [-0.3, -0.25) is 0 Å². The monoisotopic (exact) mass is 678 g/mol. The molecule has 0 amide bonds. The van der Waals surface area contributed by atoms with Crippen LogP contribution in [-0.2, 0) is 4.32 Å². The van der Waals surface area contributed by atoms with Crippen molar-refractivity contribution in [3.8, 4) is 11.1 Å². The standard InChI is InChI=1S/C41H56BrClO/c1-2-3-4-5-6-7-8-9-10-11-12-13-14-15-16-17-18-19-20-25-40(44)33-26-31-37-36-23-21-22-24-38(36)41(42,39(37)32-33)34-27-29-35(43)30-28-34/h21-24,26-32,40,44H,2-20,25H2,1H3. The van der Waals surface area contributed by atoms with Gasteiger partial charge in [0, 0.05) is 5.02 Å². The summed E-state index contributed by atoms with van der Waals surface area (Å²) < 4.78 is -0.452. The lowest BCUT2D eigenvalue weighted by atomic mass is 9.87. The molecule has 44 heavy (non-hydrogen) atoms. The summed E-state index contributed by atoms with van der Waals surface area (Å²) in [6.07, 6.45) is 26.6. The predicted molar refractivity (Wildman–Crippen MR) is 195 cm³/mol. The summed E-state index contributed by atoms with van der Waals surface area (Å²) in [7, 11) is 0. The van der Waals surface area contributed by atoms with Gasteiger partial charge in [0.25, 0.3) is 0 Å². The number of rotatable bonds is 22. The maximum atomic E-state index is 11.2. The van der Waals surface area contributed by atoms with Crippen LogP contribution < -0.4 is 0 Å². The molecule has 1 aliphatic rings. The first-order valence-corrected chi connectivity index (χ1v) is 19.1. The summed E-state index contributed by atoms with van der Waals surface area (Å²) in [4.78, 5) is 0. The second kappa shape index (κ2) is 19.1. The summed E-state index contributed by atoms with van der Waals surface area (Å²) in [5, 5.41) is 11.9. The molecule has 0 aliphatic heterocycles. The number of halogens is 2. The van der Waals surface area contributed by atoms with Crippen molar-refractivity contribution in [1.82, 2.24) is 0 Å². The smallest absolute Gasteiger partial charge is 0.102 e. The molecular weight excluding hydrogens is 624 g/mol. The maximum absolute atomic E-state index is 11.2. The molecule has 0 aromatic heterocycles. The van der Waals surface area contributed by atoms with E-state index in [0.717, 1.165) is 29.0 Å². The van der Waals surface area contributed by atoms with Gasteiger partial charge >= 0.3 is 0 Å². The van der Waals surface area contributed by atoms with Gasteiger partial charge in [-0.25, -0.2) is 0 Å². The average Bonchev–Trinajstić information content (AvgIpc) is 3.30. The highest BCUT2D eigenvalue weighted by molar-refractivity contribution is 9.10. The first kappa shape index (κ1) is 35.2. The Morgan fingerprint density at radius 1 is 0.591 bits per heavy atom. The molecule has 240 valence electrons. The van der Waals surface area contributed by atoms with Crippen LogP contribution in [-0.4, -0.2) is 5.11 Å². The van der Waals surface area contributed by atoms with Crippen molar-refractivity contribution in [1.29, 1.82) is 0 Å². The van der Waals surface area contributed by atoms with Crippen LogP contribution in [0.15, 0.2) is 66.7 Å². The number of aliphatic hydroxyl groups is 1. The third-order valence-electron chi connectivity index (χ3n) is 9.71. The van der Waals surface area contributed by atoms with Crippen LogP contribution in [0.25, 0.3) is 11.1 Å². The fourth-order valence-corrected chi connectivity index (χ4v) is 8.09. The lowest BCUT2D eigenvalue weighted by Crippen LogP contribution is -2.18. The van der Waals surface area contributed by atoms with E-state index in [1.807, 2.05) is 12.1 Å². The quantitative estimate of drug-likeness (QED) is 0.0828. The van der Waals surface area contributed by atoms with Gasteiger partial charge in [-0.2, -0.15) is 0 Å². The molecular formula is C41H56BrClO. The van der Waals surface area contributed by atoms with Crippen LogP contribution >= 0.6 is 27.5 Å². The summed E-state index contributed by atoms with van der Waals surface area (Å²) in [6.45, 7) is 2.29. The fraction of sp³-hybridized carbons (Fsp3) is 0.561. The van der Waals surface area contributed by atoms with E-state index in [9.17, 15) is 5.11 Å². The van der Waals surface area contributed by atoms with Gasteiger partial charge in [0.1, 0.15) is 4.32 Å². The van der Waals surface area contributed by atoms with Crippen molar-refractivity contribution in [3.05, 3.63) is 94.0 Å². The highest BCUT2D eigenvalue weighted by atomic mass is 79.9. The van der Waals surface area contributed by atoms with Gasteiger partial charge in [-0.15, -0.1) is 0 Å². The molecule has 2 atom stereocenters. The molecule has 2 unspecified atom stereocenters. The molecule has 3 aromatic rings. The van der Waals surface area contributed by atoms with Crippen molar-refractivity contribution >= 4 is 27.5 Å². The Morgan fingerprint density at radius 2 is 1.07 bits per heavy atom. The Balaban J connectivity index is 1.10. The molecule has 0 spiro atoms. The number of aliphatic hydroxyl groups excluding tert-OH is 1. The molecule has 0 saturated heterocycles. The van der Waals surface area contributed by atoms with Crippen molar-refractivity contribution in [2.24, 2.45) is 0 Å². The molecule has 3 heteroatoms. The number of fused-ring (bicyclic) bond motifs is 3. The van der Waals surface area contributed by atoms with Crippen molar-refractivity contribution in [3.63, 3.8) is 0 Å². The van der Waals surface area contributed by atoms with E-state index in [0.29, 0.717) is 0 Å². The van der Waals surface area contributed by atoms with Gasteiger partial charge in [-0.1, -0.05) is 211 Å². The van der Waals surface area contributed by atoms with E-state index >= 15 is 0 Å². The molecule has 4 rings (SSSR count). The predicted octanol–water partition coefficient (Wildman–Crippen LogP) is 13.9. The number of unbranched alkanes of at least 4 members (excludes halogenated alkanes) is 18. The zero-order valence-electron chi connectivity index (χ0n) is 27.3. The van der Waals surface area contributed by atoms with Gasteiger partial charge in [0.15, 0.2) is 0 Å². The lowest BCUT2D eigenvalue weighted by Gasteiger charge is -2.27. The van der Waals surface area contributed by atoms with Gasteiger partial charge in [0.05, 0.1) is 6.10 Å². The van der Waals surface area contributed by atoms with Crippen LogP contribution in [0, 0.1) is 0 Å². The number of hydrogen-bond acceptors (Lipinski definition) is 1. The minimum absolute atomic E-state index is 0.434. The van der Waals surface area contributed by atoms with Crippen LogP contribution in [0.1, 0.15) is 164 Å². The highest BCUT2D eigenvalue weighted by Gasteiger charge is 2.42. The maximum Gasteiger partial charge on any atom is 0.102 e. The van der Waals surface area contributed by atoms with Gasteiger partial charge in [0.2, 0.25) is 0 Å². The Kier molecular flexibility index (Phi) is 15.3. The van der Waals surface area contributed by atoms with Gasteiger partial charge in [-0.05, 0) is 51.9 Å².